The van der Waals surface area contributed by atoms with Gasteiger partial charge in [-0.15, -0.1) is 0 Å². The van der Waals surface area contributed by atoms with Gasteiger partial charge in [0.2, 0.25) is 0 Å². The van der Waals surface area contributed by atoms with Gasteiger partial charge in [-0.1, -0.05) is 31.9 Å². The zero-order valence-corrected chi connectivity index (χ0v) is 10.9. The van der Waals surface area contributed by atoms with Crippen molar-refractivity contribution in [1.29, 1.82) is 0 Å². The minimum absolute atomic E-state index is 0.363. The van der Waals surface area contributed by atoms with Gasteiger partial charge in [-0.25, -0.2) is 4.79 Å². The number of nitrogens with one attached hydrogen (secondary N) is 1. The van der Waals surface area contributed by atoms with E-state index >= 15 is 0 Å². The van der Waals surface area contributed by atoms with Crippen molar-refractivity contribution in [3.05, 3.63) is 29.8 Å². The van der Waals surface area contributed by atoms with E-state index < -0.39 is 5.97 Å². The van der Waals surface area contributed by atoms with E-state index in [0.717, 1.165) is 18.7 Å². The monoisotopic (exact) mass is 247 g/mol. The maximum Gasteiger partial charge on any atom is 0.337 e. The first kappa shape index (κ1) is 12.9. The maximum absolute atomic E-state index is 11.1. The number of carbonyl (C=O) groups is 1. The number of para-hydroxylation sites is 1. The van der Waals surface area contributed by atoms with E-state index in [0.29, 0.717) is 11.0 Å². The van der Waals surface area contributed by atoms with Crippen LogP contribution in [0.2, 0.25) is 0 Å². The van der Waals surface area contributed by atoms with Crippen LogP contribution in [0.3, 0.4) is 0 Å². The molecule has 0 heterocycles. The highest BCUT2D eigenvalue weighted by atomic mass is 16.4. The first-order chi connectivity index (χ1) is 8.67. The molecule has 2 N–H and O–H groups in total. The summed E-state index contributed by atoms with van der Waals surface area (Å²) in [7, 11) is 0. The standard InChI is InChI=1S/C15H21NO2/c1-2-15(9-5-6-10-15)11-16-13-8-4-3-7-12(13)14(17)18/h3-4,7-8,16H,2,5-6,9-11H2,1H3,(H,17,18). The predicted molar refractivity (Wildman–Crippen MR) is 73.1 cm³/mol. The number of rotatable bonds is 5. The van der Waals surface area contributed by atoms with Crippen LogP contribution in [0.25, 0.3) is 0 Å². The second kappa shape index (κ2) is 5.42. The Morgan fingerprint density at radius 3 is 2.61 bits per heavy atom. The molecule has 0 aromatic heterocycles. The third-order valence-electron chi connectivity index (χ3n) is 4.23. The Kier molecular flexibility index (Phi) is 3.90. The summed E-state index contributed by atoms with van der Waals surface area (Å²) >= 11 is 0. The Morgan fingerprint density at radius 2 is 2.00 bits per heavy atom. The van der Waals surface area contributed by atoms with Crippen LogP contribution in [0, 0.1) is 5.41 Å². The van der Waals surface area contributed by atoms with Crippen molar-refractivity contribution in [3.8, 4) is 0 Å². The van der Waals surface area contributed by atoms with Gasteiger partial charge in [0, 0.05) is 12.2 Å². The zero-order chi connectivity index (χ0) is 13.0. The average molecular weight is 247 g/mol. The van der Waals surface area contributed by atoms with Crippen molar-refractivity contribution in [3.63, 3.8) is 0 Å². The average Bonchev–Trinajstić information content (AvgIpc) is 2.86. The molecule has 0 radical (unpaired) electrons. The number of hydrogen-bond acceptors (Lipinski definition) is 2. The second-order valence-corrected chi connectivity index (χ2v) is 5.26. The molecule has 0 aliphatic heterocycles. The minimum atomic E-state index is -0.866. The van der Waals surface area contributed by atoms with E-state index in [1.807, 2.05) is 12.1 Å². The van der Waals surface area contributed by atoms with Crippen LogP contribution in [0.15, 0.2) is 24.3 Å². The summed E-state index contributed by atoms with van der Waals surface area (Å²) in [5.74, 6) is -0.866. The number of benzene rings is 1. The highest BCUT2D eigenvalue weighted by Gasteiger charge is 2.31. The fourth-order valence-electron chi connectivity index (χ4n) is 2.89. The molecule has 0 atom stereocenters. The SMILES string of the molecule is CCC1(CNc2ccccc2C(=O)O)CCCC1. The molecule has 1 aliphatic rings. The number of anilines is 1. The van der Waals surface area contributed by atoms with Gasteiger partial charge < -0.3 is 10.4 Å². The van der Waals surface area contributed by atoms with Crippen molar-refractivity contribution in [1.82, 2.24) is 0 Å². The van der Waals surface area contributed by atoms with Gasteiger partial charge in [-0.05, 0) is 36.8 Å². The molecule has 18 heavy (non-hydrogen) atoms. The third-order valence-corrected chi connectivity index (χ3v) is 4.23. The second-order valence-electron chi connectivity index (χ2n) is 5.26. The number of carboxylic acids is 1. The van der Waals surface area contributed by atoms with Crippen LogP contribution in [-0.4, -0.2) is 17.6 Å². The van der Waals surface area contributed by atoms with E-state index in [1.165, 1.54) is 25.7 Å². The minimum Gasteiger partial charge on any atom is -0.478 e. The maximum atomic E-state index is 11.1. The normalized spacial score (nSPS) is 17.6. The molecule has 1 saturated carbocycles. The van der Waals surface area contributed by atoms with Crippen molar-refractivity contribution in [2.45, 2.75) is 39.0 Å². The molecule has 3 nitrogen and oxygen atoms in total. The molecule has 0 saturated heterocycles. The lowest BCUT2D eigenvalue weighted by Gasteiger charge is -2.28. The van der Waals surface area contributed by atoms with Gasteiger partial charge in [-0.2, -0.15) is 0 Å². The summed E-state index contributed by atoms with van der Waals surface area (Å²) in [6.45, 7) is 3.11. The zero-order valence-electron chi connectivity index (χ0n) is 10.9. The molecule has 2 rings (SSSR count). The first-order valence-corrected chi connectivity index (χ1v) is 6.73. The van der Waals surface area contributed by atoms with E-state index in [-0.39, 0.29) is 0 Å². The number of carboxylic acid groups (broad SMARTS) is 1. The number of aromatic carboxylic acids is 1. The van der Waals surface area contributed by atoms with Crippen LogP contribution >= 0.6 is 0 Å². The molecule has 3 heteroatoms. The van der Waals surface area contributed by atoms with Crippen molar-refractivity contribution < 1.29 is 9.90 Å². The van der Waals surface area contributed by atoms with E-state index in [2.05, 4.69) is 12.2 Å². The molecule has 0 bridgehead atoms. The Hall–Kier alpha value is -1.51. The molecule has 98 valence electrons. The number of hydrogen-bond donors (Lipinski definition) is 2. The Balaban J connectivity index is 2.08. The molecule has 1 aromatic carbocycles. The summed E-state index contributed by atoms with van der Waals surface area (Å²) in [5.41, 5.74) is 1.47. The van der Waals surface area contributed by atoms with Crippen LogP contribution in [0.1, 0.15) is 49.4 Å². The van der Waals surface area contributed by atoms with Crippen molar-refractivity contribution in [2.24, 2.45) is 5.41 Å². The predicted octanol–water partition coefficient (Wildman–Crippen LogP) is 3.77. The quantitative estimate of drug-likeness (QED) is 0.832. The molecular formula is C15H21NO2. The van der Waals surface area contributed by atoms with Crippen molar-refractivity contribution >= 4 is 11.7 Å². The van der Waals surface area contributed by atoms with E-state index in [9.17, 15) is 4.79 Å². The van der Waals surface area contributed by atoms with Gasteiger partial charge in [0.1, 0.15) is 0 Å². The van der Waals surface area contributed by atoms with Crippen LogP contribution < -0.4 is 5.32 Å². The topological polar surface area (TPSA) is 49.3 Å². The molecule has 0 amide bonds. The van der Waals surface area contributed by atoms with Crippen LogP contribution in [-0.2, 0) is 0 Å². The summed E-state index contributed by atoms with van der Waals surface area (Å²) in [6, 6.07) is 7.14. The van der Waals surface area contributed by atoms with Crippen LogP contribution in [0.4, 0.5) is 5.69 Å². The van der Waals surface area contributed by atoms with E-state index in [4.69, 9.17) is 5.11 Å². The van der Waals surface area contributed by atoms with E-state index in [1.54, 1.807) is 12.1 Å². The Morgan fingerprint density at radius 1 is 1.33 bits per heavy atom. The summed E-state index contributed by atoms with van der Waals surface area (Å²) in [5, 5.41) is 12.5. The largest absolute Gasteiger partial charge is 0.478 e. The lowest BCUT2D eigenvalue weighted by molar-refractivity contribution is 0.0698. The lowest BCUT2D eigenvalue weighted by Crippen LogP contribution is -2.26. The fourth-order valence-corrected chi connectivity index (χ4v) is 2.89. The van der Waals surface area contributed by atoms with Crippen LogP contribution in [0.5, 0.6) is 0 Å². The van der Waals surface area contributed by atoms with Gasteiger partial charge in [0.25, 0.3) is 0 Å². The highest BCUT2D eigenvalue weighted by molar-refractivity contribution is 5.94. The molecule has 1 aliphatic carbocycles. The molecule has 0 unspecified atom stereocenters. The van der Waals surface area contributed by atoms with Gasteiger partial charge in [0.15, 0.2) is 0 Å². The lowest BCUT2D eigenvalue weighted by atomic mass is 9.83. The summed E-state index contributed by atoms with van der Waals surface area (Å²) in [6.07, 6.45) is 6.28. The first-order valence-electron chi connectivity index (χ1n) is 6.73. The Bertz CT molecular complexity index is 422. The van der Waals surface area contributed by atoms with Gasteiger partial charge in [-0.3, -0.25) is 0 Å². The fraction of sp³-hybridized carbons (Fsp3) is 0.533. The summed E-state index contributed by atoms with van der Waals surface area (Å²) in [4.78, 5) is 11.1. The Labute approximate surface area is 108 Å². The molecule has 0 spiro atoms. The molecular weight excluding hydrogens is 226 g/mol. The van der Waals surface area contributed by atoms with Gasteiger partial charge >= 0.3 is 5.97 Å². The van der Waals surface area contributed by atoms with Crippen molar-refractivity contribution in [2.75, 3.05) is 11.9 Å². The summed E-state index contributed by atoms with van der Waals surface area (Å²) < 4.78 is 0. The third kappa shape index (κ3) is 2.66. The van der Waals surface area contributed by atoms with Gasteiger partial charge in [0.05, 0.1) is 5.56 Å². The highest BCUT2D eigenvalue weighted by Crippen LogP contribution is 2.41. The smallest absolute Gasteiger partial charge is 0.337 e. The molecule has 1 fully saturated rings. The molecule has 1 aromatic rings.